The van der Waals surface area contributed by atoms with Crippen molar-refractivity contribution in [3.63, 3.8) is 0 Å². The summed E-state index contributed by atoms with van der Waals surface area (Å²) in [6.45, 7) is 11.5. The number of allylic oxidation sites excluding steroid dienone is 7. The van der Waals surface area contributed by atoms with Crippen LogP contribution in [0.15, 0.2) is 47.7 Å². The van der Waals surface area contributed by atoms with Crippen LogP contribution in [0.1, 0.15) is 60.3 Å². The van der Waals surface area contributed by atoms with Crippen LogP contribution >= 0.6 is 0 Å². The van der Waals surface area contributed by atoms with Gasteiger partial charge in [0.15, 0.2) is 0 Å². The van der Waals surface area contributed by atoms with Crippen LogP contribution in [0.4, 0.5) is 0 Å². The van der Waals surface area contributed by atoms with E-state index in [-0.39, 0.29) is 0 Å². The molecule has 1 aliphatic rings. The van der Waals surface area contributed by atoms with Crippen molar-refractivity contribution >= 4 is 0 Å². The zero-order valence-corrected chi connectivity index (χ0v) is 14.5. The smallest absolute Gasteiger partial charge is 0.00787 e. The van der Waals surface area contributed by atoms with E-state index in [1.165, 1.54) is 19.3 Å². The van der Waals surface area contributed by atoms with E-state index in [9.17, 15) is 0 Å². The first-order valence-electron chi connectivity index (χ1n) is 8.30. The number of hydrogen-bond donors (Lipinski definition) is 1. The Morgan fingerprint density at radius 2 is 1.90 bits per heavy atom. The summed E-state index contributed by atoms with van der Waals surface area (Å²) >= 11 is 0. The summed E-state index contributed by atoms with van der Waals surface area (Å²) in [5.41, 5.74) is 8.86. The number of rotatable bonds is 6. The lowest BCUT2D eigenvalue weighted by Gasteiger charge is -2.33. The van der Waals surface area contributed by atoms with E-state index >= 15 is 0 Å². The lowest BCUT2D eigenvalue weighted by Crippen LogP contribution is -2.19. The Balaban J connectivity index is 2.61. The Labute approximate surface area is 131 Å². The van der Waals surface area contributed by atoms with Crippen molar-refractivity contribution in [2.45, 2.75) is 60.3 Å². The van der Waals surface area contributed by atoms with Gasteiger partial charge in [0, 0.05) is 0 Å². The molecule has 2 atom stereocenters. The highest BCUT2D eigenvalue weighted by atomic mass is 14.5. The average Bonchev–Trinajstić information content (AvgIpc) is 2.37. The summed E-state index contributed by atoms with van der Waals surface area (Å²) in [5, 5.41) is 0. The normalized spacial score (nSPS) is 22.5. The van der Waals surface area contributed by atoms with Gasteiger partial charge in [-0.1, -0.05) is 63.6 Å². The predicted octanol–water partition coefficient (Wildman–Crippen LogP) is 5.76. The van der Waals surface area contributed by atoms with Gasteiger partial charge in [-0.25, -0.2) is 0 Å². The van der Waals surface area contributed by atoms with Gasteiger partial charge in [0.1, 0.15) is 0 Å². The van der Waals surface area contributed by atoms with Gasteiger partial charge in [-0.15, -0.1) is 0 Å². The van der Waals surface area contributed by atoms with Crippen molar-refractivity contribution in [3.05, 3.63) is 47.7 Å². The Hall–Kier alpha value is -1.24. The largest absolute Gasteiger partial charge is 0.405 e. The van der Waals surface area contributed by atoms with E-state index in [1.807, 2.05) is 6.08 Å². The van der Waals surface area contributed by atoms with Crippen LogP contribution in [0.25, 0.3) is 0 Å². The van der Waals surface area contributed by atoms with Gasteiger partial charge in [0.2, 0.25) is 0 Å². The van der Waals surface area contributed by atoms with E-state index < -0.39 is 0 Å². The maximum Gasteiger partial charge on any atom is -0.00787 e. The molecule has 0 saturated heterocycles. The molecule has 1 aliphatic carbocycles. The molecule has 0 heterocycles. The van der Waals surface area contributed by atoms with Crippen molar-refractivity contribution < 1.29 is 0 Å². The maximum atomic E-state index is 5.41. The molecule has 0 radical (unpaired) electrons. The van der Waals surface area contributed by atoms with Crippen molar-refractivity contribution in [3.8, 4) is 0 Å². The topological polar surface area (TPSA) is 26.0 Å². The summed E-state index contributed by atoms with van der Waals surface area (Å²) in [6, 6.07) is 0. The van der Waals surface area contributed by atoms with Crippen LogP contribution in [-0.4, -0.2) is 0 Å². The van der Waals surface area contributed by atoms with Crippen molar-refractivity contribution in [2.75, 3.05) is 0 Å². The molecule has 0 aliphatic heterocycles. The summed E-state index contributed by atoms with van der Waals surface area (Å²) in [4.78, 5) is 0. The van der Waals surface area contributed by atoms with Crippen LogP contribution < -0.4 is 5.73 Å². The Morgan fingerprint density at radius 3 is 2.52 bits per heavy atom. The standard InChI is InChI=1S/C20H33N/c1-16(8-6-9-17(2)13-15-21)11-12-19-18(3)10-7-14-20(19,4)5/h6,8,11-13,15-17H,7,9-10,14,21H2,1-5H3/b8-6+,12-11+,15-13+. The van der Waals surface area contributed by atoms with Gasteiger partial charge in [-0.3, -0.25) is 0 Å². The van der Waals surface area contributed by atoms with Crippen LogP contribution in [0.3, 0.4) is 0 Å². The predicted molar refractivity (Wildman–Crippen MR) is 94.9 cm³/mol. The fraction of sp³-hybridized carbons (Fsp3) is 0.600. The quantitative estimate of drug-likeness (QED) is 0.617. The Bertz CT molecular complexity index is 435. The molecule has 0 bridgehead atoms. The molecule has 2 N–H and O–H groups in total. The highest BCUT2D eigenvalue weighted by Crippen LogP contribution is 2.40. The highest BCUT2D eigenvalue weighted by molar-refractivity contribution is 5.33. The Kier molecular flexibility index (Phi) is 7.01. The van der Waals surface area contributed by atoms with Gasteiger partial charge in [-0.05, 0) is 61.6 Å². The molecule has 0 aromatic carbocycles. The molecule has 0 fully saturated rings. The van der Waals surface area contributed by atoms with E-state index in [1.54, 1.807) is 17.3 Å². The first-order valence-corrected chi connectivity index (χ1v) is 8.30. The van der Waals surface area contributed by atoms with Gasteiger partial charge >= 0.3 is 0 Å². The van der Waals surface area contributed by atoms with E-state index in [0.717, 1.165) is 6.42 Å². The fourth-order valence-corrected chi connectivity index (χ4v) is 3.10. The van der Waals surface area contributed by atoms with Gasteiger partial charge in [-0.2, -0.15) is 0 Å². The van der Waals surface area contributed by atoms with Gasteiger partial charge < -0.3 is 5.73 Å². The summed E-state index contributed by atoms with van der Waals surface area (Å²) < 4.78 is 0. The molecule has 0 aromatic rings. The molecular weight excluding hydrogens is 254 g/mol. The SMILES string of the molecule is CC1=C(/C=C/C(C)/C=C/CC(C)/C=C/N)C(C)(C)CCC1. The van der Waals surface area contributed by atoms with E-state index in [4.69, 9.17) is 5.73 Å². The molecule has 0 amide bonds. The highest BCUT2D eigenvalue weighted by Gasteiger charge is 2.26. The lowest BCUT2D eigenvalue weighted by atomic mass is 9.72. The molecule has 0 spiro atoms. The van der Waals surface area contributed by atoms with Crippen LogP contribution in [0.5, 0.6) is 0 Å². The first-order chi connectivity index (χ1) is 9.86. The summed E-state index contributed by atoms with van der Waals surface area (Å²) in [5.74, 6) is 1.00. The van der Waals surface area contributed by atoms with Crippen LogP contribution in [0.2, 0.25) is 0 Å². The first kappa shape index (κ1) is 17.8. The lowest BCUT2D eigenvalue weighted by molar-refractivity contribution is 0.376. The summed E-state index contributed by atoms with van der Waals surface area (Å²) in [7, 11) is 0. The third-order valence-corrected chi connectivity index (χ3v) is 4.50. The van der Waals surface area contributed by atoms with Gasteiger partial charge in [0.25, 0.3) is 0 Å². The third kappa shape index (κ3) is 5.95. The van der Waals surface area contributed by atoms with E-state index in [2.05, 4.69) is 58.9 Å². The summed E-state index contributed by atoms with van der Waals surface area (Å²) in [6.07, 6.45) is 17.9. The van der Waals surface area contributed by atoms with Crippen LogP contribution in [-0.2, 0) is 0 Å². The van der Waals surface area contributed by atoms with Crippen LogP contribution in [0, 0.1) is 17.3 Å². The minimum Gasteiger partial charge on any atom is -0.405 e. The fourth-order valence-electron chi connectivity index (χ4n) is 3.10. The second-order valence-corrected chi connectivity index (χ2v) is 7.18. The Morgan fingerprint density at radius 1 is 1.19 bits per heavy atom. The molecule has 118 valence electrons. The molecule has 1 rings (SSSR count). The average molecular weight is 287 g/mol. The maximum absolute atomic E-state index is 5.41. The molecule has 2 unspecified atom stereocenters. The zero-order chi connectivity index (χ0) is 15.9. The zero-order valence-electron chi connectivity index (χ0n) is 14.5. The van der Waals surface area contributed by atoms with Crippen molar-refractivity contribution in [2.24, 2.45) is 23.0 Å². The third-order valence-electron chi connectivity index (χ3n) is 4.50. The molecule has 1 heteroatoms. The number of nitrogens with two attached hydrogens (primary N) is 1. The molecule has 0 aromatic heterocycles. The second kappa shape index (κ2) is 8.26. The van der Waals surface area contributed by atoms with Gasteiger partial charge in [0.05, 0.1) is 0 Å². The monoisotopic (exact) mass is 287 g/mol. The second-order valence-electron chi connectivity index (χ2n) is 7.18. The molecule has 21 heavy (non-hydrogen) atoms. The number of hydrogen-bond acceptors (Lipinski definition) is 1. The molecule has 1 nitrogen and oxygen atoms in total. The van der Waals surface area contributed by atoms with Crippen molar-refractivity contribution in [1.29, 1.82) is 0 Å². The molecule has 0 saturated carbocycles. The minimum atomic E-state index is 0.336. The molecular formula is C20H33N. The van der Waals surface area contributed by atoms with Crippen molar-refractivity contribution in [1.82, 2.24) is 0 Å². The minimum absolute atomic E-state index is 0.336. The van der Waals surface area contributed by atoms with E-state index in [0.29, 0.717) is 17.3 Å².